The summed E-state index contributed by atoms with van der Waals surface area (Å²) in [6.07, 6.45) is 0. The van der Waals surface area contributed by atoms with E-state index in [0.717, 1.165) is 23.6 Å². The molecule has 0 bridgehead atoms. The van der Waals surface area contributed by atoms with Crippen molar-refractivity contribution in [3.05, 3.63) is 29.3 Å². The number of rotatable bonds is 4. The first-order valence-corrected chi connectivity index (χ1v) is 7.77. The van der Waals surface area contributed by atoms with Crippen molar-refractivity contribution >= 4 is 17.5 Å². The summed E-state index contributed by atoms with van der Waals surface area (Å²) in [6.45, 7) is 5.67. The smallest absolute Gasteiger partial charge is 0.180 e. The molecule has 0 amide bonds. The number of nitrogens with zero attached hydrogens (tertiary/aromatic N) is 1. The average Bonchev–Trinajstić information content (AvgIpc) is 2.41. The van der Waals surface area contributed by atoms with E-state index in [1.165, 1.54) is 0 Å². The fraction of sp³-hybridized carbons (Fsp3) is 0.533. The van der Waals surface area contributed by atoms with Crippen molar-refractivity contribution in [3.63, 3.8) is 0 Å². The van der Waals surface area contributed by atoms with Gasteiger partial charge in [-0.05, 0) is 31.5 Å². The van der Waals surface area contributed by atoms with Crippen LogP contribution in [0, 0.1) is 6.92 Å². The van der Waals surface area contributed by atoms with E-state index in [1.807, 2.05) is 36.9 Å². The zero-order chi connectivity index (χ0) is 13.8. The molecule has 1 aromatic rings. The molecule has 1 unspecified atom stereocenters. The lowest BCUT2D eigenvalue weighted by Crippen LogP contribution is -2.43. The van der Waals surface area contributed by atoms with Crippen molar-refractivity contribution in [2.45, 2.75) is 19.9 Å². The zero-order valence-corrected chi connectivity index (χ0v) is 12.6. The highest BCUT2D eigenvalue weighted by molar-refractivity contribution is 7.99. The molecule has 0 radical (unpaired) electrons. The van der Waals surface area contributed by atoms with Crippen LogP contribution in [0.25, 0.3) is 0 Å². The van der Waals surface area contributed by atoms with Gasteiger partial charge >= 0.3 is 0 Å². The van der Waals surface area contributed by atoms with Crippen molar-refractivity contribution in [2.24, 2.45) is 0 Å². The minimum absolute atomic E-state index is 0.149. The molecular formula is C15H21NO2S. The molecule has 4 heteroatoms. The van der Waals surface area contributed by atoms with E-state index >= 15 is 0 Å². The Morgan fingerprint density at radius 2 is 2.32 bits per heavy atom. The van der Waals surface area contributed by atoms with Crippen molar-refractivity contribution < 1.29 is 9.53 Å². The number of hydrogen-bond donors (Lipinski definition) is 0. The Morgan fingerprint density at radius 3 is 3.00 bits per heavy atom. The van der Waals surface area contributed by atoms with Crippen LogP contribution in [0.4, 0.5) is 0 Å². The van der Waals surface area contributed by atoms with E-state index in [1.54, 1.807) is 7.11 Å². The van der Waals surface area contributed by atoms with E-state index in [2.05, 4.69) is 11.8 Å². The summed E-state index contributed by atoms with van der Waals surface area (Å²) in [5.74, 6) is 3.06. The van der Waals surface area contributed by atoms with Crippen LogP contribution in [-0.2, 0) is 0 Å². The monoisotopic (exact) mass is 279 g/mol. The molecule has 0 N–H and O–H groups in total. The Bertz CT molecular complexity index is 461. The van der Waals surface area contributed by atoms with Crippen molar-refractivity contribution in [1.29, 1.82) is 0 Å². The van der Waals surface area contributed by atoms with E-state index in [-0.39, 0.29) is 5.78 Å². The number of carbonyl (C=O) groups excluding carboxylic acids is 1. The standard InChI is InChI=1S/C15H21NO2S/c1-11-4-5-13(15(8-11)18-3)14(17)9-16-6-7-19-10-12(16)2/h4-5,8,12H,6-7,9-10H2,1-3H3. The number of Topliss-reactive ketones (excluding diaryl/α,β-unsaturated/α-hetero) is 1. The van der Waals surface area contributed by atoms with Gasteiger partial charge in [0, 0.05) is 24.1 Å². The summed E-state index contributed by atoms with van der Waals surface area (Å²) in [6, 6.07) is 6.23. The molecule has 1 fully saturated rings. The predicted molar refractivity (Wildman–Crippen MR) is 80.4 cm³/mol. The van der Waals surface area contributed by atoms with Crippen LogP contribution in [0.3, 0.4) is 0 Å². The van der Waals surface area contributed by atoms with Gasteiger partial charge in [-0.2, -0.15) is 11.8 Å². The van der Waals surface area contributed by atoms with E-state index in [9.17, 15) is 4.79 Å². The first kappa shape index (κ1) is 14.4. The molecule has 3 nitrogen and oxygen atoms in total. The van der Waals surface area contributed by atoms with Gasteiger partial charge in [-0.25, -0.2) is 0 Å². The van der Waals surface area contributed by atoms with Gasteiger partial charge < -0.3 is 4.74 Å². The Balaban J connectivity index is 2.11. The molecule has 1 aliphatic rings. The number of benzene rings is 1. The van der Waals surface area contributed by atoms with Crippen molar-refractivity contribution in [3.8, 4) is 5.75 Å². The van der Waals surface area contributed by atoms with Crippen LogP contribution in [0.5, 0.6) is 5.75 Å². The molecule has 0 saturated carbocycles. The number of ketones is 1. The number of carbonyl (C=O) groups is 1. The topological polar surface area (TPSA) is 29.5 Å². The normalized spacial score (nSPS) is 20.3. The average molecular weight is 279 g/mol. The highest BCUT2D eigenvalue weighted by Gasteiger charge is 2.22. The second-order valence-electron chi connectivity index (χ2n) is 5.02. The van der Waals surface area contributed by atoms with E-state index in [4.69, 9.17) is 4.74 Å². The molecule has 19 heavy (non-hydrogen) atoms. The second kappa shape index (κ2) is 6.44. The second-order valence-corrected chi connectivity index (χ2v) is 6.17. The number of aryl methyl sites for hydroxylation is 1. The van der Waals surface area contributed by atoms with Crippen molar-refractivity contribution in [1.82, 2.24) is 4.90 Å². The highest BCUT2D eigenvalue weighted by atomic mass is 32.2. The molecule has 1 aliphatic heterocycles. The van der Waals surface area contributed by atoms with Crippen LogP contribution in [0.15, 0.2) is 18.2 Å². The fourth-order valence-electron chi connectivity index (χ4n) is 2.29. The lowest BCUT2D eigenvalue weighted by Gasteiger charge is -2.32. The van der Waals surface area contributed by atoms with Crippen LogP contribution >= 0.6 is 11.8 Å². The first-order chi connectivity index (χ1) is 9.11. The maximum atomic E-state index is 12.4. The molecule has 0 aliphatic carbocycles. The Kier molecular flexibility index (Phi) is 4.88. The third kappa shape index (κ3) is 3.51. The van der Waals surface area contributed by atoms with Gasteiger partial charge in [0.15, 0.2) is 5.78 Å². The van der Waals surface area contributed by atoms with Gasteiger partial charge in [0.2, 0.25) is 0 Å². The molecular weight excluding hydrogens is 258 g/mol. The zero-order valence-electron chi connectivity index (χ0n) is 11.8. The SMILES string of the molecule is COc1cc(C)ccc1C(=O)CN1CCSCC1C. The van der Waals surface area contributed by atoms with Gasteiger partial charge in [-0.1, -0.05) is 6.07 Å². The highest BCUT2D eigenvalue weighted by Crippen LogP contribution is 2.22. The van der Waals surface area contributed by atoms with Gasteiger partial charge in [0.1, 0.15) is 5.75 Å². The summed E-state index contributed by atoms with van der Waals surface area (Å²) in [7, 11) is 1.62. The Labute approximate surface area is 119 Å². The van der Waals surface area contributed by atoms with E-state index in [0.29, 0.717) is 23.9 Å². The Morgan fingerprint density at radius 1 is 1.53 bits per heavy atom. The van der Waals surface area contributed by atoms with Crippen LogP contribution < -0.4 is 4.74 Å². The maximum absolute atomic E-state index is 12.4. The Hall–Kier alpha value is -1.00. The van der Waals surface area contributed by atoms with Gasteiger partial charge in [0.25, 0.3) is 0 Å². The fourth-order valence-corrected chi connectivity index (χ4v) is 3.38. The quantitative estimate of drug-likeness (QED) is 0.792. The number of methoxy groups -OCH3 is 1. The van der Waals surface area contributed by atoms with Gasteiger partial charge in [-0.3, -0.25) is 9.69 Å². The van der Waals surface area contributed by atoms with Gasteiger partial charge in [-0.15, -0.1) is 0 Å². The van der Waals surface area contributed by atoms with Gasteiger partial charge in [0.05, 0.1) is 19.2 Å². The van der Waals surface area contributed by atoms with E-state index < -0.39 is 0 Å². The largest absolute Gasteiger partial charge is 0.496 e. The molecule has 2 rings (SSSR count). The summed E-state index contributed by atoms with van der Waals surface area (Å²) < 4.78 is 5.32. The number of ether oxygens (including phenoxy) is 1. The maximum Gasteiger partial charge on any atom is 0.180 e. The molecule has 104 valence electrons. The number of hydrogen-bond acceptors (Lipinski definition) is 4. The van der Waals surface area contributed by atoms with Crippen LogP contribution in [0.2, 0.25) is 0 Å². The summed E-state index contributed by atoms with van der Waals surface area (Å²) in [4.78, 5) is 14.7. The lowest BCUT2D eigenvalue weighted by molar-refractivity contribution is 0.0908. The molecule has 1 atom stereocenters. The molecule has 1 heterocycles. The third-order valence-electron chi connectivity index (χ3n) is 3.51. The molecule has 1 aromatic carbocycles. The first-order valence-electron chi connectivity index (χ1n) is 6.61. The molecule has 0 aromatic heterocycles. The minimum Gasteiger partial charge on any atom is -0.496 e. The summed E-state index contributed by atoms with van der Waals surface area (Å²) in [5, 5.41) is 0. The minimum atomic E-state index is 0.149. The molecule has 0 spiro atoms. The third-order valence-corrected chi connectivity index (χ3v) is 4.70. The van der Waals surface area contributed by atoms with Crippen LogP contribution in [0.1, 0.15) is 22.8 Å². The summed E-state index contributed by atoms with van der Waals surface area (Å²) in [5.41, 5.74) is 1.80. The predicted octanol–water partition coefficient (Wildman–Crippen LogP) is 2.62. The number of thioether (sulfide) groups is 1. The van der Waals surface area contributed by atoms with Crippen molar-refractivity contribution in [2.75, 3.05) is 31.7 Å². The summed E-state index contributed by atoms with van der Waals surface area (Å²) >= 11 is 1.96. The lowest BCUT2D eigenvalue weighted by atomic mass is 10.1. The van der Waals surface area contributed by atoms with Crippen LogP contribution in [-0.4, -0.2) is 48.4 Å². The molecule has 1 saturated heterocycles.